The lowest BCUT2D eigenvalue weighted by Gasteiger charge is -2.23. The molecule has 0 unspecified atom stereocenters. The van der Waals surface area contributed by atoms with Gasteiger partial charge in [-0.3, -0.25) is 0 Å². The summed E-state index contributed by atoms with van der Waals surface area (Å²) < 4.78 is 0. The van der Waals surface area contributed by atoms with Crippen LogP contribution in [0, 0.1) is 11.3 Å². The van der Waals surface area contributed by atoms with Crippen molar-refractivity contribution in [3.63, 3.8) is 0 Å². The standard InChI is InChI=1S/C47H34N4/c1-47(2)42-27-30(29-48)17-23-40(42)41-24-22-35(28-43(41)47)37-26-25-36(38-15-9-10-16-39(37)38)31-18-20-34(21-19-31)46-50-44(32-11-5-3-6-12-32)49-45(51-46)33-13-7-4-8-14-33/h3-28,46H,1-2H3,(H,49,50,51). The predicted molar refractivity (Wildman–Crippen MR) is 209 cm³/mol. The van der Waals surface area contributed by atoms with Gasteiger partial charge in [0.05, 0.1) is 11.6 Å². The molecule has 0 aromatic heterocycles. The van der Waals surface area contributed by atoms with E-state index in [1.54, 1.807) is 0 Å². The molecule has 0 bridgehead atoms. The maximum absolute atomic E-state index is 9.56. The molecule has 1 aliphatic heterocycles. The minimum atomic E-state index is -0.369. The SMILES string of the molecule is CC1(C)c2cc(C#N)ccc2-c2ccc(-c3ccc(-c4ccc(C5N=C(c6ccccc6)NC(c6ccccc6)=N5)cc4)c4ccccc34)cc21. The van der Waals surface area contributed by atoms with Crippen molar-refractivity contribution < 1.29 is 0 Å². The summed E-state index contributed by atoms with van der Waals surface area (Å²) in [7, 11) is 0. The van der Waals surface area contributed by atoms with Gasteiger partial charge in [-0.05, 0) is 79.0 Å². The smallest absolute Gasteiger partial charge is 0.169 e. The highest BCUT2D eigenvalue weighted by molar-refractivity contribution is 6.16. The van der Waals surface area contributed by atoms with Crippen molar-refractivity contribution in [3.8, 4) is 39.4 Å². The predicted octanol–water partition coefficient (Wildman–Crippen LogP) is 10.8. The molecule has 0 saturated carbocycles. The second-order valence-electron chi connectivity index (χ2n) is 13.8. The van der Waals surface area contributed by atoms with Crippen LogP contribution in [0.4, 0.5) is 0 Å². The molecule has 9 rings (SSSR count). The van der Waals surface area contributed by atoms with E-state index >= 15 is 0 Å². The van der Waals surface area contributed by atoms with E-state index in [1.165, 1.54) is 49.7 Å². The maximum atomic E-state index is 9.56. The molecule has 242 valence electrons. The summed E-state index contributed by atoms with van der Waals surface area (Å²) >= 11 is 0. The Hall–Kier alpha value is -6.57. The highest BCUT2D eigenvalue weighted by atomic mass is 15.2. The van der Waals surface area contributed by atoms with Gasteiger partial charge in [-0.1, -0.05) is 153 Å². The summed E-state index contributed by atoms with van der Waals surface area (Å²) in [5.41, 5.74) is 13.3. The molecule has 4 heteroatoms. The van der Waals surface area contributed by atoms with E-state index in [0.29, 0.717) is 5.56 Å². The number of rotatable bonds is 5. The Morgan fingerprint density at radius 2 is 1.00 bits per heavy atom. The molecule has 0 atom stereocenters. The topological polar surface area (TPSA) is 60.5 Å². The quantitative estimate of drug-likeness (QED) is 0.201. The van der Waals surface area contributed by atoms with E-state index in [4.69, 9.17) is 9.98 Å². The van der Waals surface area contributed by atoms with E-state index in [-0.39, 0.29) is 11.6 Å². The molecule has 0 amide bonds. The van der Waals surface area contributed by atoms with E-state index in [0.717, 1.165) is 33.9 Å². The van der Waals surface area contributed by atoms with Gasteiger partial charge in [-0.15, -0.1) is 0 Å². The zero-order valence-corrected chi connectivity index (χ0v) is 28.4. The molecule has 1 aliphatic carbocycles. The number of aliphatic imine (C=N–C) groups is 2. The Morgan fingerprint density at radius 1 is 0.510 bits per heavy atom. The number of fused-ring (bicyclic) bond motifs is 4. The van der Waals surface area contributed by atoms with Gasteiger partial charge < -0.3 is 5.32 Å². The maximum Gasteiger partial charge on any atom is 0.169 e. The van der Waals surface area contributed by atoms with Crippen LogP contribution in [0.3, 0.4) is 0 Å². The molecule has 1 N–H and O–H groups in total. The molecule has 4 nitrogen and oxygen atoms in total. The second kappa shape index (κ2) is 12.1. The molecule has 1 heterocycles. The van der Waals surface area contributed by atoms with Crippen molar-refractivity contribution >= 4 is 22.4 Å². The molecule has 0 radical (unpaired) electrons. The first-order chi connectivity index (χ1) is 25.0. The first kappa shape index (κ1) is 30.5. The van der Waals surface area contributed by atoms with Gasteiger partial charge in [0.25, 0.3) is 0 Å². The lowest BCUT2D eigenvalue weighted by molar-refractivity contribution is 0.660. The average Bonchev–Trinajstić information content (AvgIpc) is 3.42. The summed E-state index contributed by atoms with van der Waals surface area (Å²) in [6.45, 7) is 4.53. The normalized spacial score (nSPS) is 14.5. The van der Waals surface area contributed by atoms with Crippen molar-refractivity contribution in [2.45, 2.75) is 25.4 Å². The Labute approximate surface area is 298 Å². The third-order valence-electron chi connectivity index (χ3n) is 10.4. The van der Waals surface area contributed by atoms with Crippen LogP contribution in [0.1, 0.15) is 53.4 Å². The lowest BCUT2D eigenvalue weighted by atomic mass is 9.81. The van der Waals surface area contributed by atoms with Crippen LogP contribution in [0.25, 0.3) is 44.2 Å². The monoisotopic (exact) mass is 654 g/mol. The fourth-order valence-corrected chi connectivity index (χ4v) is 7.70. The molecule has 0 fully saturated rings. The summed E-state index contributed by atoms with van der Waals surface area (Å²) in [6.07, 6.45) is -0.369. The fraction of sp³-hybridized carbons (Fsp3) is 0.0851. The van der Waals surface area contributed by atoms with Crippen LogP contribution in [-0.2, 0) is 5.41 Å². The lowest BCUT2D eigenvalue weighted by Crippen LogP contribution is -2.35. The molecular weight excluding hydrogens is 621 g/mol. The number of benzene rings is 7. The van der Waals surface area contributed by atoms with Crippen LogP contribution >= 0.6 is 0 Å². The zero-order valence-electron chi connectivity index (χ0n) is 28.4. The average molecular weight is 655 g/mol. The van der Waals surface area contributed by atoms with Crippen molar-refractivity contribution in [1.82, 2.24) is 5.32 Å². The van der Waals surface area contributed by atoms with Crippen molar-refractivity contribution in [1.29, 1.82) is 5.26 Å². The van der Waals surface area contributed by atoms with Crippen LogP contribution < -0.4 is 5.32 Å². The number of nitrogens with zero attached hydrogens (tertiary/aromatic N) is 3. The van der Waals surface area contributed by atoms with Gasteiger partial charge in [-0.2, -0.15) is 5.26 Å². The van der Waals surface area contributed by atoms with E-state index in [2.05, 4.69) is 140 Å². The van der Waals surface area contributed by atoms with Crippen LogP contribution in [-0.4, -0.2) is 11.7 Å². The van der Waals surface area contributed by atoms with Crippen LogP contribution in [0.15, 0.2) is 168 Å². The largest absolute Gasteiger partial charge is 0.324 e. The first-order valence-corrected chi connectivity index (χ1v) is 17.3. The highest BCUT2D eigenvalue weighted by Crippen LogP contribution is 2.50. The molecule has 7 aromatic rings. The van der Waals surface area contributed by atoms with Gasteiger partial charge in [0.15, 0.2) is 6.17 Å². The Morgan fingerprint density at radius 3 is 1.59 bits per heavy atom. The molecule has 0 spiro atoms. The number of nitrogens with one attached hydrogen (secondary N) is 1. The summed E-state index contributed by atoms with van der Waals surface area (Å²) in [4.78, 5) is 10.1. The van der Waals surface area contributed by atoms with Crippen LogP contribution in [0.2, 0.25) is 0 Å². The van der Waals surface area contributed by atoms with Gasteiger partial charge in [0, 0.05) is 16.5 Å². The fourth-order valence-electron chi connectivity index (χ4n) is 7.70. The number of nitriles is 1. The molecule has 51 heavy (non-hydrogen) atoms. The van der Waals surface area contributed by atoms with Gasteiger partial charge in [0.1, 0.15) is 11.7 Å². The first-order valence-electron chi connectivity index (χ1n) is 17.3. The third-order valence-corrected chi connectivity index (χ3v) is 10.4. The van der Waals surface area contributed by atoms with Gasteiger partial charge in [-0.25, -0.2) is 9.98 Å². The Balaban J connectivity index is 1.08. The van der Waals surface area contributed by atoms with Crippen molar-refractivity contribution in [2.75, 3.05) is 0 Å². The van der Waals surface area contributed by atoms with E-state index in [1.807, 2.05) is 42.5 Å². The van der Waals surface area contributed by atoms with Crippen molar-refractivity contribution in [3.05, 3.63) is 191 Å². The van der Waals surface area contributed by atoms with Crippen LogP contribution in [0.5, 0.6) is 0 Å². The Bertz CT molecular complexity index is 2520. The summed E-state index contributed by atoms with van der Waals surface area (Å²) in [5.74, 6) is 1.62. The van der Waals surface area contributed by atoms with E-state index in [9.17, 15) is 5.26 Å². The van der Waals surface area contributed by atoms with Gasteiger partial charge in [0.2, 0.25) is 0 Å². The number of hydrogen-bond acceptors (Lipinski definition) is 4. The second-order valence-corrected chi connectivity index (χ2v) is 13.8. The minimum absolute atomic E-state index is 0.197. The summed E-state index contributed by atoms with van der Waals surface area (Å²) in [6, 6.07) is 57.6. The van der Waals surface area contributed by atoms with E-state index < -0.39 is 0 Å². The minimum Gasteiger partial charge on any atom is -0.324 e. The molecule has 0 saturated heterocycles. The number of hydrogen-bond donors (Lipinski definition) is 1. The number of amidine groups is 2. The Kier molecular flexibility index (Phi) is 7.22. The van der Waals surface area contributed by atoms with Gasteiger partial charge >= 0.3 is 0 Å². The highest BCUT2D eigenvalue weighted by Gasteiger charge is 2.36. The van der Waals surface area contributed by atoms with Crippen molar-refractivity contribution in [2.24, 2.45) is 9.98 Å². The molecule has 2 aliphatic rings. The molecular formula is C47H34N4. The third kappa shape index (κ3) is 5.23. The summed E-state index contributed by atoms with van der Waals surface area (Å²) in [5, 5.41) is 15.5. The molecule has 7 aromatic carbocycles. The zero-order chi connectivity index (χ0) is 34.5.